The molecule has 1 aromatic rings. The van der Waals surface area contributed by atoms with Crippen molar-refractivity contribution in [1.82, 2.24) is 4.98 Å². The SMILES string of the molecule is FC(F)c1cc([B-](F)(F)F)ccn1. The zero-order valence-corrected chi connectivity index (χ0v) is 6.22. The molecule has 13 heavy (non-hydrogen) atoms. The summed E-state index contributed by atoms with van der Waals surface area (Å²) in [5.41, 5.74) is -1.90. The number of alkyl halides is 2. The molecular formula is C6H4BF5N-. The average Bonchev–Trinajstić information content (AvgIpc) is 2.03. The zero-order valence-electron chi connectivity index (χ0n) is 6.22. The van der Waals surface area contributed by atoms with Crippen LogP contribution >= 0.6 is 0 Å². The summed E-state index contributed by atoms with van der Waals surface area (Å²) in [5, 5.41) is 0. The highest BCUT2D eigenvalue weighted by Crippen LogP contribution is 2.16. The van der Waals surface area contributed by atoms with Crippen LogP contribution in [0.15, 0.2) is 18.3 Å². The van der Waals surface area contributed by atoms with Gasteiger partial charge in [-0.3, -0.25) is 4.98 Å². The topological polar surface area (TPSA) is 12.9 Å². The highest BCUT2D eigenvalue weighted by molar-refractivity contribution is 6.73. The van der Waals surface area contributed by atoms with Gasteiger partial charge in [-0.25, -0.2) is 8.78 Å². The Labute approximate surface area is 70.6 Å². The van der Waals surface area contributed by atoms with Crippen molar-refractivity contribution < 1.29 is 21.7 Å². The van der Waals surface area contributed by atoms with Gasteiger partial charge in [-0.2, -0.15) is 0 Å². The first-order valence-electron chi connectivity index (χ1n) is 3.35. The molecule has 0 saturated heterocycles. The molecule has 0 saturated carbocycles. The Balaban J connectivity index is 3.06. The average molecular weight is 196 g/mol. The summed E-state index contributed by atoms with van der Waals surface area (Å²) >= 11 is 0. The predicted octanol–water partition coefficient (Wildman–Crippen LogP) is 2.07. The first-order chi connectivity index (χ1) is 5.91. The Morgan fingerprint density at radius 1 is 1.23 bits per heavy atom. The van der Waals surface area contributed by atoms with Gasteiger partial charge < -0.3 is 12.9 Å². The van der Waals surface area contributed by atoms with Crippen molar-refractivity contribution in [1.29, 1.82) is 0 Å². The Morgan fingerprint density at radius 2 is 1.85 bits per heavy atom. The summed E-state index contributed by atoms with van der Waals surface area (Å²) in [6.45, 7) is -5.23. The Hall–Kier alpha value is -1.14. The van der Waals surface area contributed by atoms with E-state index in [1.54, 1.807) is 0 Å². The van der Waals surface area contributed by atoms with Gasteiger partial charge in [0.15, 0.2) is 0 Å². The molecule has 1 rings (SSSR count). The van der Waals surface area contributed by atoms with E-state index < -0.39 is 24.6 Å². The summed E-state index contributed by atoms with van der Waals surface area (Å²) in [4.78, 5) is 3.11. The number of aromatic nitrogens is 1. The van der Waals surface area contributed by atoms with Crippen LogP contribution in [-0.2, 0) is 0 Å². The fourth-order valence-electron chi connectivity index (χ4n) is 0.788. The highest BCUT2D eigenvalue weighted by Gasteiger charge is 2.26. The fourth-order valence-corrected chi connectivity index (χ4v) is 0.788. The molecule has 0 aliphatic carbocycles. The van der Waals surface area contributed by atoms with Crippen LogP contribution in [0, 0.1) is 0 Å². The van der Waals surface area contributed by atoms with Crippen LogP contribution < -0.4 is 5.46 Å². The normalized spacial score (nSPS) is 12.2. The van der Waals surface area contributed by atoms with Gasteiger partial charge >= 0.3 is 6.98 Å². The summed E-state index contributed by atoms with van der Waals surface area (Å²) in [5.74, 6) is 0. The predicted molar refractivity (Wildman–Crippen MR) is 37.9 cm³/mol. The zero-order chi connectivity index (χ0) is 10.1. The summed E-state index contributed by atoms with van der Waals surface area (Å²) in [7, 11) is 0. The molecule has 1 nitrogen and oxygen atoms in total. The lowest BCUT2D eigenvalue weighted by atomic mass is 9.80. The number of hydrogen-bond acceptors (Lipinski definition) is 1. The molecule has 1 heterocycles. The lowest BCUT2D eigenvalue weighted by molar-refractivity contribution is 0.146. The quantitative estimate of drug-likeness (QED) is 0.521. The van der Waals surface area contributed by atoms with E-state index >= 15 is 0 Å². The molecule has 1 aromatic heterocycles. The summed E-state index contributed by atoms with van der Waals surface area (Å²) in [6.07, 6.45) is -2.25. The minimum atomic E-state index is -5.23. The first-order valence-corrected chi connectivity index (χ1v) is 3.35. The number of pyridine rings is 1. The van der Waals surface area contributed by atoms with Crippen LogP contribution in [0.25, 0.3) is 0 Å². The van der Waals surface area contributed by atoms with Gasteiger partial charge in [0.05, 0.1) is 0 Å². The second kappa shape index (κ2) is 3.31. The van der Waals surface area contributed by atoms with Gasteiger partial charge in [0.2, 0.25) is 0 Å². The maximum atomic E-state index is 12.0. The van der Waals surface area contributed by atoms with Gasteiger partial charge in [0.1, 0.15) is 5.69 Å². The molecule has 0 spiro atoms. The van der Waals surface area contributed by atoms with Gasteiger partial charge in [-0.15, -0.1) is 5.46 Å². The van der Waals surface area contributed by atoms with Crippen molar-refractivity contribution in [3.8, 4) is 0 Å². The molecular weight excluding hydrogens is 192 g/mol. The Kier molecular flexibility index (Phi) is 2.54. The minimum Gasteiger partial charge on any atom is -0.445 e. The Bertz CT molecular complexity index is 297. The minimum absolute atomic E-state index is 0.366. The molecule has 0 fully saturated rings. The molecule has 0 amide bonds. The van der Waals surface area contributed by atoms with E-state index in [4.69, 9.17) is 0 Å². The van der Waals surface area contributed by atoms with Gasteiger partial charge in [0, 0.05) is 6.20 Å². The molecule has 0 unspecified atom stereocenters. The van der Waals surface area contributed by atoms with Crippen molar-refractivity contribution in [3.05, 3.63) is 24.0 Å². The van der Waals surface area contributed by atoms with Gasteiger partial charge in [-0.05, 0) is 0 Å². The molecule has 0 radical (unpaired) electrons. The van der Waals surface area contributed by atoms with Crippen LogP contribution in [0.1, 0.15) is 12.1 Å². The van der Waals surface area contributed by atoms with Crippen molar-refractivity contribution in [2.24, 2.45) is 0 Å². The monoisotopic (exact) mass is 196 g/mol. The molecule has 0 bridgehead atoms. The van der Waals surface area contributed by atoms with E-state index in [-0.39, 0.29) is 0 Å². The van der Waals surface area contributed by atoms with E-state index in [0.29, 0.717) is 12.1 Å². The first kappa shape index (κ1) is 9.95. The van der Waals surface area contributed by atoms with Crippen LogP contribution in [0.2, 0.25) is 0 Å². The van der Waals surface area contributed by atoms with E-state index in [1.807, 2.05) is 0 Å². The number of rotatable bonds is 2. The second-order valence-electron chi connectivity index (χ2n) is 2.39. The third-order valence-corrected chi connectivity index (χ3v) is 1.41. The van der Waals surface area contributed by atoms with Crippen molar-refractivity contribution in [3.63, 3.8) is 0 Å². The van der Waals surface area contributed by atoms with E-state index in [9.17, 15) is 21.7 Å². The molecule has 0 atom stereocenters. The van der Waals surface area contributed by atoms with Crippen molar-refractivity contribution in [2.45, 2.75) is 6.43 Å². The largest absolute Gasteiger partial charge is 0.509 e. The molecule has 0 aromatic carbocycles. The molecule has 0 aliphatic heterocycles. The van der Waals surface area contributed by atoms with E-state index in [0.717, 1.165) is 6.20 Å². The fraction of sp³-hybridized carbons (Fsp3) is 0.167. The molecule has 0 N–H and O–H groups in total. The van der Waals surface area contributed by atoms with Crippen LogP contribution in [0.5, 0.6) is 0 Å². The number of halogens is 5. The Morgan fingerprint density at radius 3 is 2.31 bits per heavy atom. The van der Waals surface area contributed by atoms with Gasteiger partial charge in [0.25, 0.3) is 6.43 Å². The number of hydrogen-bond donors (Lipinski definition) is 0. The molecule has 72 valence electrons. The highest BCUT2D eigenvalue weighted by atomic mass is 19.4. The molecule has 7 heteroatoms. The third-order valence-electron chi connectivity index (χ3n) is 1.41. The summed E-state index contributed by atoms with van der Waals surface area (Å²) in [6, 6.07) is 1.04. The second-order valence-corrected chi connectivity index (χ2v) is 2.39. The van der Waals surface area contributed by atoms with E-state index in [1.165, 1.54) is 0 Å². The van der Waals surface area contributed by atoms with Gasteiger partial charge in [-0.1, -0.05) is 12.1 Å². The third kappa shape index (κ3) is 2.40. The van der Waals surface area contributed by atoms with Crippen LogP contribution in [-0.4, -0.2) is 12.0 Å². The lowest BCUT2D eigenvalue weighted by Gasteiger charge is -2.14. The standard InChI is InChI=1S/C6H4BF5N/c8-6(9)5-3-4(1-2-13-5)7(10,11)12/h1-3,6H/q-1. The smallest absolute Gasteiger partial charge is 0.445 e. The maximum Gasteiger partial charge on any atom is 0.509 e. The molecule has 0 aliphatic rings. The maximum absolute atomic E-state index is 12.0. The van der Waals surface area contributed by atoms with E-state index in [2.05, 4.69) is 4.98 Å². The number of nitrogens with zero attached hydrogens (tertiary/aromatic N) is 1. The van der Waals surface area contributed by atoms with Crippen molar-refractivity contribution >= 4 is 12.4 Å². The lowest BCUT2D eigenvalue weighted by Crippen LogP contribution is -2.34. The summed E-state index contributed by atoms with van der Waals surface area (Å²) < 4.78 is 59.9. The van der Waals surface area contributed by atoms with Crippen molar-refractivity contribution in [2.75, 3.05) is 0 Å². The van der Waals surface area contributed by atoms with Crippen LogP contribution in [0.3, 0.4) is 0 Å². The van der Waals surface area contributed by atoms with Crippen LogP contribution in [0.4, 0.5) is 21.7 Å².